The van der Waals surface area contributed by atoms with Gasteiger partial charge in [-0.3, -0.25) is 0 Å². The molecular weight excluding hydrogens is 230 g/mol. The van der Waals surface area contributed by atoms with Crippen LogP contribution in [-0.4, -0.2) is 26.2 Å². The van der Waals surface area contributed by atoms with Crippen LogP contribution in [0.5, 0.6) is 0 Å². The molecule has 0 fully saturated rings. The van der Waals surface area contributed by atoms with Gasteiger partial charge in [-0.15, -0.1) is 0 Å². The third kappa shape index (κ3) is 3.33. The summed E-state index contributed by atoms with van der Waals surface area (Å²) in [5, 5.41) is 3.85. The summed E-state index contributed by atoms with van der Waals surface area (Å²) < 4.78 is 5.15. The Morgan fingerprint density at radius 1 is 1.22 bits per heavy atom. The van der Waals surface area contributed by atoms with Gasteiger partial charge in [-0.05, 0) is 18.4 Å². The number of hydrogen-bond acceptors (Lipinski definition) is 6. The molecule has 0 amide bonds. The van der Waals surface area contributed by atoms with E-state index in [4.69, 9.17) is 10.3 Å². The Morgan fingerprint density at radius 2 is 1.94 bits per heavy atom. The van der Waals surface area contributed by atoms with E-state index in [-0.39, 0.29) is 6.04 Å². The van der Waals surface area contributed by atoms with E-state index in [1.165, 1.54) is 0 Å². The summed E-state index contributed by atoms with van der Waals surface area (Å²) in [7, 11) is 0. The zero-order valence-corrected chi connectivity index (χ0v) is 10.6. The van der Waals surface area contributed by atoms with Gasteiger partial charge in [0.15, 0.2) is 0 Å². The van der Waals surface area contributed by atoms with Crippen molar-refractivity contribution < 1.29 is 4.52 Å². The SMILES string of the molecule is CC(C)CC(N)Cc1nc(-c2ncccn2)no1. The fraction of sp³-hybridized carbons (Fsp3) is 0.500. The smallest absolute Gasteiger partial charge is 0.240 e. The first-order valence-electron chi connectivity index (χ1n) is 6.00. The molecule has 2 rings (SSSR count). The molecule has 0 saturated heterocycles. The Bertz CT molecular complexity index is 482. The van der Waals surface area contributed by atoms with Crippen molar-refractivity contribution in [2.75, 3.05) is 0 Å². The van der Waals surface area contributed by atoms with Crippen molar-refractivity contribution in [2.24, 2.45) is 11.7 Å². The second kappa shape index (κ2) is 5.68. The summed E-state index contributed by atoms with van der Waals surface area (Å²) in [5.41, 5.74) is 6.00. The second-order valence-corrected chi connectivity index (χ2v) is 4.68. The van der Waals surface area contributed by atoms with Gasteiger partial charge in [-0.1, -0.05) is 19.0 Å². The average molecular weight is 247 g/mol. The molecule has 96 valence electrons. The standard InChI is InChI=1S/C12H17N5O/c1-8(2)6-9(13)7-10-16-12(17-18-10)11-14-4-3-5-15-11/h3-5,8-9H,6-7,13H2,1-2H3. The van der Waals surface area contributed by atoms with Crippen LogP contribution in [0.3, 0.4) is 0 Å². The van der Waals surface area contributed by atoms with Gasteiger partial charge in [-0.2, -0.15) is 4.98 Å². The van der Waals surface area contributed by atoms with Crippen LogP contribution < -0.4 is 5.73 Å². The first-order valence-corrected chi connectivity index (χ1v) is 6.00. The molecule has 1 unspecified atom stereocenters. The minimum atomic E-state index is 0.0370. The Morgan fingerprint density at radius 3 is 2.61 bits per heavy atom. The van der Waals surface area contributed by atoms with E-state index in [0.717, 1.165) is 6.42 Å². The first-order chi connectivity index (χ1) is 8.65. The molecule has 2 N–H and O–H groups in total. The van der Waals surface area contributed by atoms with Gasteiger partial charge >= 0.3 is 0 Å². The fourth-order valence-electron chi connectivity index (χ4n) is 1.76. The molecule has 6 nitrogen and oxygen atoms in total. The lowest BCUT2D eigenvalue weighted by atomic mass is 10.0. The van der Waals surface area contributed by atoms with E-state index >= 15 is 0 Å². The maximum atomic E-state index is 6.00. The van der Waals surface area contributed by atoms with Crippen LogP contribution >= 0.6 is 0 Å². The number of rotatable bonds is 5. The van der Waals surface area contributed by atoms with Crippen LogP contribution in [0.4, 0.5) is 0 Å². The highest BCUT2D eigenvalue weighted by Crippen LogP contribution is 2.12. The largest absolute Gasteiger partial charge is 0.339 e. The quantitative estimate of drug-likeness (QED) is 0.859. The monoisotopic (exact) mass is 247 g/mol. The van der Waals surface area contributed by atoms with Gasteiger partial charge in [-0.25, -0.2) is 9.97 Å². The van der Waals surface area contributed by atoms with Gasteiger partial charge in [0.25, 0.3) is 0 Å². The third-order valence-corrected chi connectivity index (χ3v) is 2.44. The van der Waals surface area contributed by atoms with Crippen LogP contribution in [0.25, 0.3) is 11.6 Å². The van der Waals surface area contributed by atoms with E-state index in [1.807, 2.05) is 0 Å². The van der Waals surface area contributed by atoms with Crippen LogP contribution in [0.1, 0.15) is 26.2 Å². The number of nitrogens with two attached hydrogens (primary N) is 1. The molecule has 2 aromatic rings. The summed E-state index contributed by atoms with van der Waals surface area (Å²) >= 11 is 0. The van der Waals surface area contributed by atoms with Crippen LogP contribution in [0, 0.1) is 5.92 Å². The van der Waals surface area contributed by atoms with E-state index in [1.54, 1.807) is 18.5 Å². The van der Waals surface area contributed by atoms with Crippen molar-refractivity contribution in [3.05, 3.63) is 24.4 Å². The van der Waals surface area contributed by atoms with Gasteiger partial charge in [0.05, 0.1) is 0 Å². The van der Waals surface area contributed by atoms with Crippen molar-refractivity contribution in [1.82, 2.24) is 20.1 Å². The van der Waals surface area contributed by atoms with Gasteiger partial charge in [0, 0.05) is 24.9 Å². The summed E-state index contributed by atoms with van der Waals surface area (Å²) in [5.74, 6) is 1.96. The number of nitrogens with zero attached hydrogens (tertiary/aromatic N) is 4. The molecular formula is C12H17N5O. The van der Waals surface area contributed by atoms with Gasteiger partial charge in [0.1, 0.15) is 0 Å². The first kappa shape index (κ1) is 12.6. The number of hydrogen-bond donors (Lipinski definition) is 1. The molecule has 0 bridgehead atoms. The minimum absolute atomic E-state index is 0.0370. The lowest BCUT2D eigenvalue weighted by Gasteiger charge is -2.10. The topological polar surface area (TPSA) is 90.7 Å². The molecule has 0 spiro atoms. The normalized spacial score (nSPS) is 12.9. The van der Waals surface area contributed by atoms with E-state index in [2.05, 4.69) is 34.0 Å². The number of aromatic nitrogens is 4. The lowest BCUT2D eigenvalue weighted by molar-refractivity contribution is 0.359. The highest BCUT2D eigenvalue weighted by atomic mass is 16.5. The minimum Gasteiger partial charge on any atom is -0.339 e. The maximum Gasteiger partial charge on any atom is 0.240 e. The highest BCUT2D eigenvalue weighted by Gasteiger charge is 2.14. The zero-order valence-electron chi connectivity index (χ0n) is 10.6. The fourth-order valence-corrected chi connectivity index (χ4v) is 1.76. The molecule has 0 aromatic carbocycles. The molecule has 18 heavy (non-hydrogen) atoms. The molecule has 0 aliphatic heterocycles. The van der Waals surface area contributed by atoms with Gasteiger partial charge < -0.3 is 10.3 Å². The molecule has 2 heterocycles. The highest BCUT2D eigenvalue weighted by molar-refractivity contribution is 5.40. The Labute approximate surface area is 106 Å². The molecule has 0 saturated carbocycles. The zero-order chi connectivity index (χ0) is 13.0. The average Bonchev–Trinajstić information content (AvgIpc) is 2.77. The Hall–Kier alpha value is -1.82. The van der Waals surface area contributed by atoms with Crippen LogP contribution in [-0.2, 0) is 6.42 Å². The van der Waals surface area contributed by atoms with Crippen molar-refractivity contribution in [3.8, 4) is 11.6 Å². The van der Waals surface area contributed by atoms with Crippen molar-refractivity contribution in [3.63, 3.8) is 0 Å². The second-order valence-electron chi connectivity index (χ2n) is 4.68. The molecule has 1 atom stereocenters. The van der Waals surface area contributed by atoms with E-state index in [0.29, 0.717) is 29.9 Å². The van der Waals surface area contributed by atoms with Gasteiger partial charge in [0.2, 0.25) is 17.5 Å². The lowest BCUT2D eigenvalue weighted by Crippen LogP contribution is -2.24. The van der Waals surface area contributed by atoms with Crippen LogP contribution in [0.2, 0.25) is 0 Å². The molecule has 0 radical (unpaired) electrons. The third-order valence-electron chi connectivity index (χ3n) is 2.44. The molecule has 0 aliphatic rings. The van der Waals surface area contributed by atoms with E-state index in [9.17, 15) is 0 Å². The van der Waals surface area contributed by atoms with Crippen molar-refractivity contribution in [1.29, 1.82) is 0 Å². The summed E-state index contributed by atoms with van der Waals surface area (Å²) in [6.45, 7) is 4.27. The predicted molar refractivity (Wildman–Crippen MR) is 66.5 cm³/mol. The maximum absolute atomic E-state index is 6.00. The van der Waals surface area contributed by atoms with Crippen molar-refractivity contribution in [2.45, 2.75) is 32.7 Å². The Kier molecular flexibility index (Phi) is 3.99. The van der Waals surface area contributed by atoms with E-state index < -0.39 is 0 Å². The molecule has 6 heteroatoms. The molecule has 0 aliphatic carbocycles. The molecule has 2 aromatic heterocycles. The Balaban J connectivity index is 2.03. The summed E-state index contributed by atoms with van der Waals surface area (Å²) in [4.78, 5) is 12.4. The predicted octanol–water partition coefficient (Wildman–Crippen LogP) is 1.44. The summed E-state index contributed by atoms with van der Waals surface area (Å²) in [6, 6.07) is 1.78. The van der Waals surface area contributed by atoms with Crippen molar-refractivity contribution >= 4 is 0 Å². The summed E-state index contributed by atoms with van der Waals surface area (Å²) in [6.07, 6.45) is 4.79. The van der Waals surface area contributed by atoms with Crippen LogP contribution in [0.15, 0.2) is 23.0 Å².